The smallest absolute Gasteiger partial charge is 0.295 e. The lowest BCUT2D eigenvalue weighted by Crippen LogP contribution is -2.40. The summed E-state index contributed by atoms with van der Waals surface area (Å²) in [7, 11) is -3.85. The monoisotopic (exact) mass is 470 g/mol. The molecule has 33 heavy (non-hydrogen) atoms. The summed E-state index contributed by atoms with van der Waals surface area (Å²) in [6.45, 7) is 2.76. The van der Waals surface area contributed by atoms with Crippen LogP contribution in [0.15, 0.2) is 71.2 Å². The molecule has 1 aromatic heterocycles. The first-order valence-corrected chi connectivity index (χ1v) is 11.6. The molecule has 0 atom stereocenters. The number of hydrazone groups is 1. The van der Waals surface area contributed by atoms with E-state index in [-0.39, 0.29) is 42.6 Å². The first-order valence-electron chi connectivity index (χ1n) is 10.1. The zero-order valence-corrected chi connectivity index (χ0v) is 18.6. The van der Waals surface area contributed by atoms with Gasteiger partial charge in [0.15, 0.2) is 0 Å². The molecule has 2 aromatic carbocycles. The van der Waals surface area contributed by atoms with Crippen LogP contribution in [0.1, 0.15) is 12.5 Å². The number of nitrogens with one attached hydrogen (secondary N) is 1. The first-order chi connectivity index (χ1) is 15.9. The number of nitro benzene ring substituents is 1. The number of ether oxygens (including phenoxy) is 1. The molecule has 0 unspecified atom stereocenters. The van der Waals surface area contributed by atoms with Gasteiger partial charge in [-0.2, -0.15) is 9.41 Å². The van der Waals surface area contributed by atoms with Gasteiger partial charge >= 0.3 is 0 Å². The van der Waals surface area contributed by atoms with Crippen molar-refractivity contribution in [1.29, 1.82) is 0 Å². The quantitative estimate of drug-likeness (QED) is 0.319. The fourth-order valence-electron chi connectivity index (χ4n) is 3.35. The Morgan fingerprint density at radius 1 is 1.18 bits per heavy atom. The SMILES string of the molecule is CC(=NNc1ccc(S(=O)(=O)N2CCOCC2)cc1[N+](=O)[O-])c1ccc(-n2ccnc2)cc1. The molecule has 4 rings (SSSR count). The molecule has 1 N–H and O–H groups in total. The van der Waals surface area contributed by atoms with Gasteiger partial charge in [0.05, 0.1) is 35.1 Å². The summed E-state index contributed by atoms with van der Waals surface area (Å²) in [6.07, 6.45) is 5.22. The maximum atomic E-state index is 12.8. The van der Waals surface area contributed by atoms with Gasteiger partial charge in [-0.15, -0.1) is 0 Å². The molecule has 172 valence electrons. The van der Waals surface area contributed by atoms with Gasteiger partial charge in [-0.25, -0.2) is 13.4 Å². The highest BCUT2D eigenvalue weighted by molar-refractivity contribution is 7.89. The van der Waals surface area contributed by atoms with Crippen molar-refractivity contribution in [1.82, 2.24) is 13.9 Å². The van der Waals surface area contributed by atoms with E-state index in [0.29, 0.717) is 5.71 Å². The maximum Gasteiger partial charge on any atom is 0.295 e. The van der Waals surface area contributed by atoms with E-state index < -0.39 is 14.9 Å². The Morgan fingerprint density at radius 2 is 1.91 bits per heavy atom. The second kappa shape index (κ2) is 9.48. The van der Waals surface area contributed by atoms with E-state index >= 15 is 0 Å². The van der Waals surface area contributed by atoms with E-state index in [4.69, 9.17) is 4.74 Å². The van der Waals surface area contributed by atoms with Gasteiger partial charge < -0.3 is 9.30 Å². The van der Waals surface area contributed by atoms with Crippen LogP contribution in [0.3, 0.4) is 0 Å². The van der Waals surface area contributed by atoms with Gasteiger partial charge in [-0.3, -0.25) is 15.5 Å². The number of morpholine rings is 1. The number of aromatic nitrogens is 2. The molecule has 12 heteroatoms. The number of imidazole rings is 1. The van der Waals surface area contributed by atoms with Gasteiger partial charge in [0.25, 0.3) is 5.69 Å². The largest absolute Gasteiger partial charge is 0.379 e. The number of hydrogen-bond donors (Lipinski definition) is 1. The molecule has 1 fully saturated rings. The second-order valence-electron chi connectivity index (χ2n) is 7.28. The molecule has 0 aliphatic carbocycles. The summed E-state index contributed by atoms with van der Waals surface area (Å²) >= 11 is 0. The molecule has 11 nitrogen and oxygen atoms in total. The number of nitrogens with zero attached hydrogens (tertiary/aromatic N) is 5. The van der Waals surface area contributed by atoms with Crippen LogP contribution in [0.4, 0.5) is 11.4 Å². The molecule has 0 spiro atoms. The van der Waals surface area contributed by atoms with Crippen molar-refractivity contribution in [2.45, 2.75) is 11.8 Å². The van der Waals surface area contributed by atoms with Crippen LogP contribution in [0.25, 0.3) is 5.69 Å². The third-order valence-corrected chi connectivity index (χ3v) is 7.10. The Morgan fingerprint density at radius 3 is 2.55 bits per heavy atom. The maximum absolute atomic E-state index is 12.8. The molecule has 3 aromatic rings. The third kappa shape index (κ3) is 4.92. The number of hydrogen-bond acceptors (Lipinski definition) is 8. The minimum absolute atomic E-state index is 0.0929. The number of anilines is 1. The lowest BCUT2D eigenvalue weighted by Gasteiger charge is -2.26. The fourth-order valence-corrected chi connectivity index (χ4v) is 4.78. The van der Waals surface area contributed by atoms with Crippen molar-refractivity contribution in [3.05, 3.63) is 76.9 Å². The van der Waals surface area contributed by atoms with Crippen LogP contribution < -0.4 is 5.43 Å². The molecular weight excluding hydrogens is 448 g/mol. The summed E-state index contributed by atoms with van der Waals surface area (Å²) < 4.78 is 34.0. The van der Waals surface area contributed by atoms with E-state index in [0.717, 1.165) is 17.3 Å². The number of sulfonamides is 1. The highest BCUT2D eigenvalue weighted by Gasteiger charge is 2.28. The Hall–Kier alpha value is -3.61. The first kappa shape index (κ1) is 22.6. The number of benzene rings is 2. The highest BCUT2D eigenvalue weighted by atomic mass is 32.2. The van der Waals surface area contributed by atoms with Crippen molar-refractivity contribution < 1.29 is 18.1 Å². The molecule has 2 heterocycles. The van der Waals surface area contributed by atoms with Crippen molar-refractivity contribution in [3.63, 3.8) is 0 Å². The van der Waals surface area contributed by atoms with Crippen LogP contribution in [0.2, 0.25) is 0 Å². The number of nitro groups is 1. The summed E-state index contributed by atoms with van der Waals surface area (Å²) in [5.74, 6) is 0. The third-order valence-electron chi connectivity index (χ3n) is 5.21. The standard InChI is InChI=1S/C21H22N6O5S/c1-16(17-2-4-18(5-3-17)25-9-8-22-15-25)23-24-20-7-6-19(14-21(20)27(28)29)33(30,31)26-10-12-32-13-11-26/h2-9,14-15,24H,10-13H2,1H3. The van der Waals surface area contributed by atoms with Crippen LogP contribution >= 0.6 is 0 Å². The average molecular weight is 471 g/mol. The zero-order chi connectivity index (χ0) is 23.4. The van der Waals surface area contributed by atoms with Crippen molar-refractivity contribution in [3.8, 4) is 5.69 Å². The lowest BCUT2D eigenvalue weighted by atomic mass is 10.1. The molecule has 0 saturated carbocycles. The summed E-state index contributed by atoms with van der Waals surface area (Å²) in [6, 6.07) is 11.3. The van der Waals surface area contributed by atoms with Gasteiger partial charge in [0.2, 0.25) is 10.0 Å². The minimum atomic E-state index is -3.85. The predicted octanol–water partition coefficient (Wildman–Crippen LogP) is 2.64. The summed E-state index contributed by atoms with van der Waals surface area (Å²) in [5, 5.41) is 15.9. The van der Waals surface area contributed by atoms with Crippen molar-refractivity contribution in [2.24, 2.45) is 5.10 Å². The van der Waals surface area contributed by atoms with Gasteiger partial charge in [-0.05, 0) is 36.8 Å². The molecule has 0 amide bonds. The predicted molar refractivity (Wildman–Crippen MR) is 122 cm³/mol. The van der Waals surface area contributed by atoms with Gasteiger partial charge in [0, 0.05) is 37.2 Å². The number of rotatable bonds is 7. The molecule has 0 radical (unpaired) electrons. The van der Waals surface area contributed by atoms with Gasteiger partial charge in [-0.1, -0.05) is 12.1 Å². The zero-order valence-electron chi connectivity index (χ0n) is 17.8. The van der Waals surface area contributed by atoms with E-state index in [1.54, 1.807) is 19.4 Å². The van der Waals surface area contributed by atoms with E-state index in [2.05, 4.69) is 15.5 Å². The average Bonchev–Trinajstić information content (AvgIpc) is 3.38. The lowest BCUT2D eigenvalue weighted by molar-refractivity contribution is -0.384. The summed E-state index contributed by atoms with van der Waals surface area (Å²) in [4.78, 5) is 14.9. The molecule has 0 bridgehead atoms. The van der Waals surface area contributed by atoms with Crippen molar-refractivity contribution in [2.75, 3.05) is 31.7 Å². The van der Waals surface area contributed by atoms with Gasteiger partial charge in [0.1, 0.15) is 5.69 Å². The van der Waals surface area contributed by atoms with Crippen LogP contribution in [-0.2, 0) is 14.8 Å². The van der Waals surface area contributed by atoms with Crippen molar-refractivity contribution >= 4 is 27.1 Å². The Labute approximate surface area is 190 Å². The van der Waals surface area contributed by atoms with Crippen LogP contribution in [0, 0.1) is 10.1 Å². The molecule has 1 saturated heterocycles. The normalized spacial score (nSPS) is 15.4. The summed E-state index contributed by atoms with van der Waals surface area (Å²) in [5.41, 5.74) is 4.77. The molecule has 1 aliphatic rings. The van der Waals surface area contributed by atoms with E-state index in [1.165, 1.54) is 16.4 Å². The van der Waals surface area contributed by atoms with E-state index in [1.807, 2.05) is 35.0 Å². The second-order valence-corrected chi connectivity index (χ2v) is 9.22. The Kier molecular flexibility index (Phi) is 6.49. The topological polar surface area (TPSA) is 132 Å². The fraction of sp³-hybridized carbons (Fsp3) is 0.238. The molecular formula is C21H22N6O5S. The Bertz CT molecular complexity index is 1270. The van der Waals surface area contributed by atoms with Crippen LogP contribution in [0.5, 0.6) is 0 Å². The van der Waals surface area contributed by atoms with E-state index in [9.17, 15) is 18.5 Å². The highest BCUT2D eigenvalue weighted by Crippen LogP contribution is 2.29. The van der Waals surface area contributed by atoms with Crippen LogP contribution in [-0.4, -0.2) is 59.2 Å². The Balaban J connectivity index is 1.55. The molecule has 1 aliphatic heterocycles. The minimum Gasteiger partial charge on any atom is -0.379 e.